The maximum absolute atomic E-state index is 13.5. The van der Waals surface area contributed by atoms with Gasteiger partial charge < -0.3 is 9.64 Å². The summed E-state index contributed by atoms with van der Waals surface area (Å²) in [7, 11) is 4.02. The zero-order valence-electron chi connectivity index (χ0n) is 17.3. The van der Waals surface area contributed by atoms with Crippen LogP contribution in [0.25, 0.3) is 10.2 Å². The van der Waals surface area contributed by atoms with Crippen molar-refractivity contribution in [3.8, 4) is 5.75 Å². The fourth-order valence-corrected chi connectivity index (χ4v) is 4.73. The summed E-state index contributed by atoms with van der Waals surface area (Å²) in [6, 6.07) is 13.7. The molecule has 0 unspecified atom stereocenters. The molecule has 0 bridgehead atoms. The van der Waals surface area contributed by atoms with Gasteiger partial charge in [-0.25, -0.2) is 4.98 Å². The number of carbonyl (C=O) groups excluding carboxylic acids is 1. The van der Waals surface area contributed by atoms with E-state index >= 15 is 0 Å². The van der Waals surface area contributed by atoms with E-state index < -0.39 is 0 Å². The summed E-state index contributed by atoms with van der Waals surface area (Å²) in [6.45, 7) is 6.02. The van der Waals surface area contributed by atoms with Gasteiger partial charge in [-0.2, -0.15) is 0 Å². The third kappa shape index (κ3) is 5.29. The molecule has 0 saturated carbocycles. The van der Waals surface area contributed by atoms with E-state index in [2.05, 4.69) is 11.8 Å². The van der Waals surface area contributed by atoms with Gasteiger partial charge in [-0.05, 0) is 57.1 Å². The summed E-state index contributed by atoms with van der Waals surface area (Å²) in [6.07, 6.45) is 0. The van der Waals surface area contributed by atoms with Gasteiger partial charge in [-0.1, -0.05) is 30.4 Å². The molecular weight excluding hydrogens is 402 g/mol. The Morgan fingerprint density at radius 3 is 2.66 bits per heavy atom. The SMILES string of the molecule is CCOc1ccc2nc(N(CCN(C)C)C(=O)c3ccccc3SCC)sc2c1. The quantitative estimate of drug-likeness (QED) is 0.447. The third-order valence-electron chi connectivity index (χ3n) is 4.32. The minimum atomic E-state index is -0.00696. The molecule has 0 fully saturated rings. The van der Waals surface area contributed by atoms with Gasteiger partial charge in [0.25, 0.3) is 5.91 Å². The van der Waals surface area contributed by atoms with E-state index in [1.165, 1.54) is 11.3 Å². The van der Waals surface area contributed by atoms with Crippen LogP contribution in [0.4, 0.5) is 5.13 Å². The smallest absolute Gasteiger partial charge is 0.261 e. The number of rotatable bonds is 9. The van der Waals surface area contributed by atoms with Crippen molar-refractivity contribution in [2.45, 2.75) is 18.7 Å². The van der Waals surface area contributed by atoms with Crippen molar-refractivity contribution in [3.05, 3.63) is 48.0 Å². The summed E-state index contributed by atoms with van der Waals surface area (Å²) >= 11 is 3.22. The van der Waals surface area contributed by atoms with Crippen LogP contribution in [0, 0.1) is 0 Å². The fourth-order valence-electron chi connectivity index (χ4n) is 2.92. The molecule has 1 aromatic heterocycles. The highest BCUT2D eigenvalue weighted by Gasteiger charge is 2.23. The predicted octanol–water partition coefficient (Wildman–Crippen LogP) is 5.02. The van der Waals surface area contributed by atoms with Gasteiger partial charge in [0.05, 0.1) is 22.4 Å². The molecule has 0 saturated heterocycles. The van der Waals surface area contributed by atoms with Crippen molar-refractivity contribution in [2.75, 3.05) is 44.4 Å². The highest BCUT2D eigenvalue weighted by Crippen LogP contribution is 2.33. The van der Waals surface area contributed by atoms with Crippen LogP contribution in [0.1, 0.15) is 24.2 Å². The molecule has 154 valence electrons. The molecule has 0 atom stereocenters. The van der Waals surface area contributed by atoms with Gasteiger partial charge in [-0.15, -0.1) is 11.8 Å². The molecule has 3 rings (SSSR count). The second-order valence-electron chi connectivity index (χ2n) is 6.75. The van der Waals surface area contributed by atoms with Crippen LogP contribution in [-0.2, 0) is 0 Å². The topological polar surface area (TPSA) is 45.7 Å². The average Bonchev–Trinajstić information content (AvgIpc) is 3.11. The Morgan fingerprint density at radius 2 is 1.93 bits per heavy atom. The molecule has 2 aromatic carbocycles. The van der Waals surface area contributed by atoms with Gasteiger partial charge in [0.1, 0.15) is 5.75 Å². The summed E-state index contributed by atoms with van der Waals surface area (Å²) in [4.78, 5) is 23.2. The van der Waals surface area contributed by atoms with E-state index in [-0.39, 0.29) is 5.91 Å². The van der Waals surface area contributed by atoms with Gasteiger partial charge in [0.15, 0.2) is 5.13 Å². The van der Waals surface area contributed by atoms with Crippen molar-refractivity contribution in [2.24, 2.45) is 0 Å². The summed E-state index contributed by atoms with van der Waals surface area (Å²) in [5, 5.41) is 0.719. The van der Waals surface area contributed by atoms with Crippen LogP contribution in [0.5, 0.6) is 5.75 Å². The van der Waals surface area contributed by atoms with Crippen LogP contribution in [-0.4, -0.2) is 55.3 Å². The molecule has 3 aromatic rings. The molecule has 0 aliphatic heterocycles. The van der Waals surface area contributed by atoms with Gasteiger partial charge in [0, 0.05) is 18.0 Å². The number of likely N-dealkylation sites (N-methyl/N-ethyl adjacent to an activating group) is 1. The Morgan fingerprint density at radius 1 is 1.14 bits per heavy atom. The maximum Gasteiger partial charge on any atom is 0.261 e. The minimum absolute atomic E-state index is 0.00696. The molecule has 0 aliphatic carbocycles. The fraction of sp³-hybridized carbons (Fsp3) is 0.364. The molecule has 0 N–H and O–H groups in total. The predicted molar refractivity (Wildman–Crippen MR) is 124 cm³/mol. The van der Waals surface area contributed by atoms with E-state index in [9.17, 15) is 4.79 Å². The van der Waals surface area contributed by atoms with E-state index in [1.807, 2.05) is 63.5 Å². The van der Waals surface area contributed by atoms with Gasteiger partial charge >= 0.3 is 0 Å². The number of thiazole rings is 1. The first kappa shape index (κ1) is 21.6. The number of thioether (sulfide) groups is 1. The van der Waals surface area contributed by atoms with Crippen LogP contribution in [0.2, 0.25) is 0 Å². The van der Waals surface area contributed by atoms with Crippen LogP contribution in [0.3, 0.4) is 0 Å². The highest BCUT2D eigenvalue weighted by atomic mass is 32.2. The second-order valence-corrected chi connectivity index (χ2v) is 9.06. The number of nitrogens with zero attached hydrogens (tertiary/aromatic N) is 3. The number of hydrogen-bond acceptors (Lipinski definition) is 6. The van der Waals surface area contributed by atoms with Crippen molar-refractivity contribution in [1.82, 2.24) is 9.88 Å². The third-order valence-corrected chi connectivity index (χ3v) is 6.32. The number of fused-ring (bicyclic) bond motifs is 1. The van der Waals surface area contributed by atoms with Crippen molar-refractivity contribution >= 4 is 44.4 Å². The summed E-state index contributed by atoms with van der Waals surface area (Å²) in [5.74, 6) is 1.74. The average molecular weight is 430 g/mol. The molecule has 0 aliphatic rings. The van der Waals surface area contributed by atoms with Crippen LogP contribution < -0.4 is 9.64 Å². The molecule has 1 amide bonds. The standard InChI is InChI=1S/C22H27N3O2S2/c1-5-27-16-11-12-18-20(15-16)29-22(23-18)25(14-13-24(3)4)21(26)17-9-7-8-10-19(17)28-6-2/h7-12,15H,5-6,13-14H2,1-4H3. The van der Waals surface area contributed by atoms with E-state index in [1.54, 1.807) is 16.7 Å². The Bertz CT molecular complexity index is 972. The number of carbonyl (C=O) groups is 1. The lowest BCUT2D eigenvalue weighted by Crippen LogP contribution is -2.37. The number of anilines is 1. The first-order valence-electron chi connectivity index (χ1n) is 9.75. The lowest BCUT2D eigenvalue weighted by molar-refractivity contribution is 0.0982. The molecule has 0 radical (unpaired) electrons. The maximum atomic E-state index is 13.5. The van der Waals surface area contributed by atoms with Crippen molar-refractivity contribution < 1.29 is 9.53 Å². The monoisotopic (exact) mass is 429 g/mol. The summed E-state index contributed by atoms with van der Waals surface area (Å²) < 4.78 is 6.63. The minimum Gasteiger partial charge on any atom is -0.494 e. The lowest BCUT2D eigenvalue weighted by atomic mass is 10.2. The second kappa shape index (κ2) is 10.1. The van der Waals surface area contributed by atoms with Gasteiger partial charge in [-0.3, -0.25) is 9.69 Å². The number of benzene rings is 2. The number of hydrogen-bond donors (Lipinski definition) is 0. The van der Waals surface area contributed by atoms with Crippen molar-refractivity contribution in [3.63, 3.8) is 0 Å². The first-order chi connectivity index (χ1) is 14.0. The largest absolute Gasteiger partial charge is 0.494 e. The van der Waals surface area contributed by atoms with Crippen LogP contribution in [0.15, 0.2) is 47.4 Å². The first-order valence-corrected chi connectivity index (χ1v) is 11.6. The molecule has 0 spiro atoms. The Kier molecular flexibility index (Phi) is 7.52. The van der Waals surface area contributed by atoms with Crippen molar-refractivity contribution in [1.29, 1.82) is 0 Å². The van der Waals surface area contributed by atoms with E-state index in [0.29, 0.717) is 13.2 Å². The van der Waals surface area contributed by atoms with E-state index in [0.717, 1.165) is 43.9 Å². The molecule has 7 heteroatoms. The van der Waals surface area contributed by atoms with E-state index in [4.69, 9.17) is 9.72 Å². The number of ether oxygens (including phenoxy) is 1. The van der Waals surface area contributed by atoms with Crippen LogP contribution >= 0.6 is 23.1 Å². The molecule has 29 heavy (non-hydrogen) atoms. The number of aromatic nitrogens is 1. The summed E-state index contributed by atoms with van der Waals surface area (Å²) in [5.41, 5.74) is 1.61. The Balaban J connectivity index is 1.99. The van der Waals surface area contributed by atoms with Gasteiger partial charge in [0.2, 0.25) is 0 Å². The zero-order chi connectivity index (χ0) is 20.8. The Hall–Kier alpha value is -2.09. The molecular formula is C22H27N3O2S2. The normalized spacial score (nSPS) is 11.2. The molecule has 1 heterocycles. The number of amides is 1. The Labute approximate surface area is 180 Å². The zero-order valence-corrected chi connectivity index (χ0v) is 19.0. The molecule has 5 nitrogen and oxygen atoms in total. The lowest BCUT2D eigenvalue weighted by Gasteiger charge is -2.23. The highest BCUT2D eigenvalue weighted by molar-refractivity contribution is 7.99.